The molecule has 2 saturated carbocycles. The molecule has 0 radical (unpaired) electrons. The molecule has 1 aromatic rings. The van der Waals surface area contributed by atoms with Crippen LogP contribution >= 0.6 is 0 Å². The first-order valence-electron chi connectivity index (χ1n) is 8.16. The Labute approximate surface area is 122 Å². The Bertz CT molecular complexity index is 426. The molecule has 1 heterocycles. The van der Waals surface area contributed by atoms with Crippen molar-refractivity contribution >= 4 is 0 Å². The minimum atomic E-state index is 0.172. The largest absolute Gasteiger partial charge is 0.468 e. The zero-order valence-electron chi connectivity index (χ0n) is 12.8. The number of furan rings is 1. The molecule has 2 aliphatic rings. The number of hydrogen-bond acceptors (Lipinski definition) is 3. The van der Waals surface area contributed by atoms with Crippen molar-refractivity contribution < 1.29 is 4.42 Å². The fraction of sp³-hybridized carbons (Fsp3) is 0.765. The second-order valence-electron chi connectivity index (χ2n) is 6.90. The second kappa shape index (κ2) is 5.53. The average molecular weight is 276 g/mol. The van der Waals surface area contributed by atoms with Crippen molar-refractivity contribution in [1.82, 2.24) is 4.90 Å². The van der Waals surface area contributed by atoms with Crippen molar-refractivity contribution in [2.45, 2.75) is 64.1 Å². The highest BCUT2D eigenvalue weighted by molar-refractivity contribution is 5.08. The summed E-state index contributed by atoms with van der Waals surface area (Å²) in [7, 11) is 0. The third kappa shape index (κ3) is 2.42. The van der Waals surface area contributed by atoms with Gasteiger partial charge in [-0.25, -0.2) is 0 Å². The normalized spacial score (nSPS) is 34.6. The molecular formula is C17H28N2O. The Hall–Kier alpha value is -0.800. The first-order chi connectivity index (χ1) is 9.67. The van der Waals surface area contributed by atoms with Crippen molar-refractivity contribution in [3.63, 3.8) is 0 Å². The molecule has 0 aromatic carbocycles. The lowest BCUT2D eigenvalue weighted by atomic mass is 9.67. The molecule has 2 fully saturated rings. The predicted molar refractivity (Wildman–Crippen MR) is 81.2 cm³/mol. The highest BCUT2D eigenvalue weighted by Gasteiger charge is 2.49. The van der Waals surface area contributed by atoms with E-state index in [0.717, 1.165) is 30.8 Å². The quantitative estimate of drug-likeness (QED) is 0.896. The lowest BCUT2D eigenvalue weighted by molar-refractivity contribution is -0.0261. The number of nitrogens with two attached hydrogens (primary N) is 1. The number of nitrogens with zero attached hydrogens (tertiary/aromatic N) is 1. The van der Waals surface area contributed by atoms with Gasteiger partial charge in [-0.15, -0.1) is 0 Å². The van der Waals surface area contributed by atoms with Gasteiger partial charge in [0.15, 0.2) is 0 Å². The number of rotatable bonds is 5. The SMILES string of the molecule is CC1CCCC(CN)(N(Cc2ccco2)C2CC2)C1C. The summed E-state index contributed by atoms with van der Waals surface area (Å²) in [6.07, 6.45) is 8.33. The van der Waals surface area contributed by atoms with Gasteiger partial charge >= 0.3 is 0 Å². The van der Waals surface area contributed by atoms with Crippen LogP contribution < -0.4 is 5.73 Å². The van der Waals surface area contributed by atoms with Gasteiger partial charge in [0.2, 0.25) is 0 Å². The van der Waals surface area contributed by atoms with Crippen LogP contribution in [0.2, 0.25) is 0 Å². The molecule has 20 heavy (non-hydrogen) atoms. The molecule has 0 amide bonds. The molecule has 1 aromatic heterocycles. The topological polar surface area (TPSA) is 42.4 Å². The van der Waals surface area contributed by atoms with Crippen molar-refractivity contribution in [2.24, 2.45) is 17.6 Å². The minimum absolute atomic E-state index is 0.172. The molecule has 0 aliphatic heterocycles. The standard InChI is InChI=1S/C17H28N2O/c1-13-5-3-9-17(12-18,14(13)2)19(15-7-8-15)11-16-6-4-10-20-16/h4,6,10,13-15H,3,5,7-9,11-12,18H2,1-2H3. The Morgan fingerprint density at radius 3 is 2.75 bits per heavy atom. The molecule has 3 unspecified atom stereocenters. The van der Waals surface area contributed by atoms with E-state index in [1.165, 1.54) is 32.1 Å². The summed E-state index contributed by atoms with van der Waals surface area (Å²) >= 11 is 0. The van der Waals surface area contributed by atoms with E-state index in [2.05, 4.69) is 24.8 Å². The van der Waals surface area contributed by atoms with Gasteiger partial charge in [0, 0.05) is 18.1 Å². The van der Waals surface area contributed by atoms with E-state index in [1.807, 2.05) is 6.07 Å². The summed E-state index contributed by atoms with van der Waals surface area (Å²) in [5, 5.41) is 0. The fourth-order valence-corrected chi connectivity index (χ4v) is 4.15. The van der Waals surface area contributed by atoms with E-state index < -0.39 is 0 Å². The van der Waals surface area contributed by atoms with E-state index in [9.17, 15) is 0 Å². The van der Waals surface area contributed by atoms with Crippen LogP contribution in [-0.2, 0) is 6.54 Å². The lowest BCUT2D eigenvalue weighted by Gasteiger charge is -2.52. The van der Waals surface area contributed by atoms with E-state index >= 15 is 0 Å². The highest BCUT2D eigenvalue weighted by Crippen LogP contribution is 2.46. The molecule has 3 nitrogen and oxygen atoms in total. The van der Waals surface area contributed by atoms with Crippen LogP contribution in [0.4, 0.5) is 0 Å². The van der Waals surface area contributed by atoms with Crippen molar-refractivity contribution in [1.29, 1.82) is 0 Å². The molecule has 0 bridgehead atoms. The maximum absolute atomic E-state index is 6.31. The van der Waals surface area contributed by atoms with Gasteiger partial charge in [0.1, 0.15) is 5.76 Å². The summed E-state index contributed by atoms with van der Waals surface area (Å²) in [4.78, 5) is 2.69. The van der Waals surface area contributed by atoms with Gasteiger partial charge < -0.3 is 10.2 Å². The first kappa shape index (κ1) is 14.2. The highest BCUT2D eigenvalue weighted by atomic mass is 16.3. The first-order valence-corrected chi connectivity index (χ1v) is 8.16. The molecule has 112 valence electrons. The average Bonchev–Trinajstić information content (AvgIpc) is 3.17. The fourth-order valence-electron chi connectivity index (χ4n) is 4.15. The van der Waals surface area contributed by atoms with Crippen LogP contribution in [0, 0.1) is 11.8 Å². The third-order valence-corrected chi connectivity index (χ3v) is 5.79. The van der Waals surface area contributed by atoms with Crippen molar-refractivity contribution in [3.8, 4) is 0 Å². The molecule has 0 saturated heterocycles. The molecule has 2 N–H and O–H groups in total. The van der Waals surface area contributed by atoms with Gasteiger partial charge in [0.05, 0.1) is 12.8 Å². The van der Waals surface area contributed by atoms with Gasteiger partial charge in [-0.1, -0.05) is 26.7 Å². The van der Waals surface area contributed by atoms with E-state index in [0.29, 0.717) is 5.92 Å². The van der Waals surface area contributed by atoms with Gasteiger partial charge in [-0.2, -0.15) is 0 Å². The zero-order valence-corrected chi connectivity index (χ0v) is 12.8. The zero-order chi connectivity index (χ0) is 14.2. The predicted octanol–water partition coefficient (Wildman–Crippen LogP) is 3.40. The molecular weight excluding hydrogens is 248 g/mol. The van der Waals surface area contributed by atoms with Crippen molar-refractivity contribution in [2.75, 3.05) is 6.54 Å². The minimum Gasteiger partial charge on any atom is -0.468 e. The van der Waals surface area contributed by atoms with Crippen LogP contribution in [0.25, 0.3) is 0 Å². The van der Waals surface area contributed by atoms with Gasteiger partial charge in [0.25, 0.3) is 0 Å². The van der Waals surface area contributed by atoms with Crippen LogP contribution in [0.1, 0.15) is 51.7 Å². The second-order valence-corrected chi connectivity index (χ2v) is 6.90. The Balaban J connectivity index is 1.87. The van der Waals surface area contributed by atoms with Gasteiger partial charge in [-0.05, 0) is 43.2 Å². The van der Waals surface area contributed by atoms with E-state index in [1.54, 1.807) is 6.26 Å². The van der Waals surface area contributed by atoms with E-state index in [-0.39, 0.29) is 5.54 Å². The summed E-state index contributed by atoms with van der Waals surface area (Å²) in [6.45, 7) is 6.50. The monoisotopic (exact) mass is 276 g/mol. The molecule has 0 spiro atoms. The number of hydrogen-bond donors (Lipinski definition) is 1. The summed E-state index contributed by atoms with van der Waals surface area (Å²) < 4.78 is 5.60. The van der Waals surface area contributed by atoms with Crippen molar-refractivity contribution in [3.05, 3.63) is 24.2 Å². The summed E-state index contributed by atoms with van der Waals surface area (Å²) in [6, 6.07) is 4.80. The Morgan fingerprint density at radius 1 is 1.35 bits per heavy atom. The maximum Gasteiger partial charge on any atom is 0.117 e. The van der Waals surface area contributed by atoms with Gasteiger partial charge in [-0.3, -0.25) is 4.90 Å². The third-order valence-electron chi connectivity index (χ3n) is 5.79. The lowest BCUT2D eigenvalue weighted by Crippen LogP contribution is -2.61. The Kier molecular flexibility index (Phi) is 3.91. The smallest absolute Gasteiger partial charge is 0.117 e. The van der Waals surface area contributed by atoms with Crippen LogP contribution in [0.15, 0.2) is 22.8 Å². The maximum atomic E-state index is 6.31. The van der Waals surface area contributed by atoms with Crippen LogP contribution in [0.3, 0.4) is 0 Å². The summed E-state index contributed by atoms with van der Waals surface area (Å²) in [5.74, 6) is 2.51. The molecule has 3 heteroatoms. The van der Waals surface area contributed by atoms with E-state index in [4.69, 9.17) is 10.2 Å². The van der Waals surface area contributed by atoms with Crippen LogP contribution in [-0.4, -0.2) is 23.0 Å². The van der Waals surface area contributed by atoms with Crippen LogP contribution in [0.5, 0.6) is 0 Å². The Morgan fingerprint density at radius 2 is 2.15 bits per heavy atom. The molecule has 3 atom stereocenters. The molecule has 3 rings (SSSR count). The molecule has 2 aliphatic carbocycles. The summed E-state index contributed by atoms with van der Waals surface area (Å²) in [5.41, 5.74) is 6.49.